The molecule has 2 N–H and O–H groups in total. The zero-order chi connectivity index (χ0) is 23.8. The van der Waals surface area contributed by atoms with Crippen LogP contribution >= 0.6 is 0 Å². The Morgan fingerprint density at radius 3 is 2.55 bits per heavy atom. The Morgan fingerprint density at radius 1 is 1.12 bits per heavy atom. The van der Waals surface area contributed by atoms with E-state index in [2.05, 4.69) is 15.7 Å². The van der Waals surface area contributed by atoms with Crippen LogP contribution in [0.25, 0.3) is 0 Å². The number of aromatic nitrogens is 2. The van der Waals surface area contributed by atoms with Crippen molar-refractivity contribution in [1.82, 2.24) is 15.1 Å². The number of aryl methyl sites for hydroxylation is 1. The number of nitrogens with zero attached hydrogens (tertiary/aromatic N) is 3. The van der Waals surface area contributed by atoms with Crippen LogP contribution < -0.4 is 15.4 Å². The number of benzene rings is 2. The van der Waals surface area contributed by atoms with Crippen molar-refractivity contribution < 1.29 is 19.2 Å². The quantitative estimate of drug-likeness (QED) is 0.357. The van der Waals surface area contributed by atoms with E-state index in [9.17, 15) is 19.7 Å². The molecule has 10 nitrogen and oxygen atoms in total. The maximum Gasteiger partial charge on any atom is 0.273 e. The van der Waals surface area contributed by atoms with E-state index in [0.29, 0.717) is 30.1 Å². The van der Waals surface area contributed by atoms with Gasteiger partial charge in [-0.05, 0) is 43.2 Å². The van der Waals surface area contributed by atoms with Crippen LogP contribution in [0.5, 0.6) is 5.75 Å². The van der Waals surface area contributed by atoms with Gasteiger partial charge in [-0.3, -0.25) is 24.4 Å². The van der Waals surface area contributed by atoms with Gasteiger partial charge in [0.05, 0.1) is 10.6 Å². The monoisotopic (exact) mass is 451 g/mol. The largest absolute Gasteiger partial charge is 0.489 e. The molecular formula is C23H25N5O5. The first kappa shape index (κ1) is 23.5. The zero-order valence-electron chi connectivity index (χ0n) is 18.4. The molecule has 0 saturated heterocycles. The van der Waals surface area contributed by atoms with Gasteiger partial charge < -0.3 is 15.4 Å². The van der Waals surface area contributed by atoms with Crippen molar-refractivity contribution in [3.8, 4) is 5.75 Å². The van der Waals surface area contributed by atoms with Crippen molar-refractivity contribution in [3.05, 3.63) is 81.7 Å². The van der Waals surface area contributed by atoms with Gasteiger partial charge in [-0.1, -0.05) is 19.1 Å². The smallest absolute Gasteiger partial charge is 0.273 e. The summed E-state index contributed by atoms with van der Waals surface area (Å²) in [6.07, 6.45) is 2.41. The molecule has 0 aliphatic rings. The number of nitro groups is 1. The first-order valence-corrected chi connectivity index (χ1v) is 10.5. The molecule has 10 heteroatoms. The summed E-state index contributed by atoms with van der Waals surface area (Å²) in [5.74, 6) is -0.248. The van der Waals surface area contributed by atoms with E-state index in [1.54, 1.807) is 35.1 Å². The molecule has 1 aromatic heterocycles. The molecule has 3 aromatic rings. The predicted octanol–water partition coefficient (Wildman–Crippen LogP) is 3.78. The molecule has 0 saturated carbocycles. The van der Waals surface area contributed by atoms with Gasteiger partial charge in [0.15, 0.2) is 5.69 Å². The second-order valence-corrected chi connectivity index (χ2v) is 7.20. The van der Waals surface area contributed by atoms with Crippen molar-refractivity contribution in [1.29, 1.82) is 0 Å². The molecule has 0 fully saturated rings. The highest BCUT2D eigenvalue weighted by Crippen LogP contribution is 2.20. The highest BCUT2D eigenvalue weighted by molar-refractivity contribution is 6.08. The van der Waals surface area contributed by atoms with Crippen molar-refractivity contribution in [2.45, 2.75) is 33.4 Å². The van der Waals surface area contributed by atoms with Gasteiger partial charge in [0.25, 0.3) is 17.5 Å². The highest BCUT2D eigenvalue weighted by atomic mass is 16.6. The van der Waals surface area contributed by atoms with Gasteiger partial charge in [-0.2, -0.15) is 5.10 Å². The molecule has 0 atom stereocenters. The molecule has 172 valence electrons. The molecule has 33 heavy (non-hydrogen) atoms. The minimum Gasteiger partial charge on any atom is -0.489 e. The van der Waals surface area contributed by atoms with Gasteiger partial charge in [0.1, 0.15) is 12.4 Å². The molecule has 0 radical (unpaired) electrons. The van der Waals surface area contributed by atoms with Crippen molar-refractivity contribution >= 4 is 23.2 Å². The number of nitro benzene ring substituents is 1. The normalized spacial score (nSPS) is 10.5. The van der Waals surface area contributed by atoms with Crippen LogP contribution in [0.4, 0.5) is 11.4 Å². The van der Waals surface area contributed by atoms with Crippen LogP contribution in [-0.4, -0.2) is 33.1 Å². The standard InChI is InChI=1S/C23H25N5O5/c1-3-12-24-23(30)21-20(14-27(4-2)26-21)25-22(29)17-7-5-6-16(13-17)15-33-19-10-8-18(9-11-19)28(31)32/h5-11,13-14H,3-4,12,15H2,1-2H3,(H,24,30)(H,25,29). The van der Waals surface area contributed by atoms with Crippen LogP contribution in [0.3, 0.4) is 0 Å². The van der Waals surface area contributed by atoms with Gasteiger partial charge >= 0.3 is 0 Å². The number of carbonyl (C=O) groups excluding carboxylic acids is 2. The maximum atomic E-state index is 12.8. The molecule has 0 bridgehead atoms. The van der Waals surface area contributed by atoms with E-state index in [1.165, 1.54) is 24.3 Å². The number of nitrogens with one attached hydrogen (secondary N) is 2. The summed E-state index contributed by atoms with van der Waals surface area (Å²) in [5, 5.41) is 20.5. The first-order valence-electron chi connectivity index (χ1n) is 10.5. The molecule has 0 unspecified atom stereocenters. The maximum absolute atomic E-state index is 12.8. The van der Waals surface area contributed by atoms with Crippen LogP contribution in [0, 0.1) is 10.1 Å². The third-order valence-corrected chi connectivity index (χ3v) is 4.73. The first-order chi connectivity index (χ1) is 15.9. The van der Waals surface area contributed by atoms with E-state index in [1.807, 2.05) is 13.8 Å². The number of carbonyl (C=O) groups is 2. The van der Waals surface area contributed by atoms with Crippen LogP contribution in [0.2, 0.25) is 0 Å². The second-order valence-electron chi connectivity index (χ2n) is 7.20. The molecule has 3 rings (SSSR count). The van der Waals surface area contributed by atoms with Crippen LogP contribution in [0.15, 0.2) is 54.7 Å². The zero-order valence-corrected chi connectivity index (χ0v) is 18.4. The fourth-order valence-electron chi connectivity index (χ4n) is 2.99. The fourth-order valence-corrected chi connectivity index (χ4v) is 2.99. The summed E-state index contributed by atoms with van der Waals surface area (Å²) in [5.41, 5.74) is 1.62. The second kappa shape index (κ2) is 10.9. The minimum absolute atomic E-state index is 0.0184. The molecular weight excluding hydrogens is 426 g/mol. The van der Waals surface area contributed by atoms with E-state index in [4.69, 9.17) is 4.74 Å². The average Bonchev–Trinajstić information content (AvgIpc) is 3.24. The fraction of sp³-hybridized carbons (Fsp3) is 0.261. The van der Waals surface area contributed by atoms with Gasteiger partial charge in [0.2, 0.25) is 0 Å². The Hall–Kier alpha value is -4.21. The van der Waals surface area contributed by atoms with E-state index in [-0.39, 0.29) is 29.8 Å². The van der Waals surface area contributed by atoms with E-state index in [0.717, 1.165) is 12.0 Å². The van der Waals surface area contributed by atoms with E-state index < -0.39 is 4.92 Å². The van der Waals surface area contributed by atoms with Gasteiger partial charge in [0, 0.05) is 37.0 Å². The number of anilines is 1. The molecule has 2 aromatic carbocycles. The average molecular weight is 451 g/mol. The lowest BCUT2D eigenvalue weighted by molar-refractivity contribution is -0.384. The Morgan fingerprint density at radius 2 is 1.88 bits per heavy atom. The minimum atomic E-state index is -0.477. The topological polar surface area (TPSA) is 128 Å². The number of hydrogen-bond acceptors (Lipinski definition) is 6. The van der Waals surface area contributed by atoms with E-state index >= 15 is 0 Å². The molecule has 0 aliphatic heterocycles. The van der Waals surface area contributed by atoms with Crippen LogP contribution in [0.1, 0.15) is 46.7 Å². The molecule has 0 aliphatic carbocycles. The lowest BCUT2D eigenvalue weighted by atomic mass is 10.1. The number of non-ortho nitro benzene ring substituents is 1. The number of hydrogen-bond donors (Lipinski definition) is 2. The highest BCUT2D eigenvalue weighted by Gasteiger charge is 2.19. The molecule has 2 amide bonds. The van der Waals surface area contributed by atoms with Crippen molar-refractivity contribution in [2.75, 3.05) is 11.9 Å². The van der Waals surface area contributed by atoms with Crippen LogP contribution in [-0.2, 0) is 13.2 Å². The molecule has 0 spiro atoms. The Kier molecular flexibility index (Phi) is 7.74. The van der Waals surface area contributed by atoms with Gasteiger partial charge in [-0.15, -0.1) is 0 Å². The number of amides is 2. The lowest BCUT2D eigenvalue weighted by Gasteiger charge is -2.09. The Labute approximate surface area is 190 Å². The summed E-state index contributed by atoms with van der Waals surface area (Å²) >= 11 is 0. The summed E-state index contributed by atoms with van der Waals surface area (Å²) in [7, 11) is 0. The SMILES string of the molecule is CCCNC(=O)c1nn(CC)cc1NC(=O)c1cccc(COc2ccc([N+](=O)[O-])cc2)c1. The summed E-state index contributed by atoms with van der Waals surface area (Å²) in [6, 6.07) is 12.6. The number of ether oxygens (including phenoxy) is 1. The predicted molar refractivity (Wildman–Crippen MR) is 122 cm³/mol. The van der Waals surface area contributed by atoms with Gasteiger partial charge in [-0.25, -0.2) is 0 Å². The van der Waals surface area contributed by atoms with Crippen molar-refractivity contribution in [3.63, 3.8) is 0 Å². The Balaban J connectivity index is 1.69. The van der Waals surface area contributed by atoms with Crippen molar-refractivity contribution in [2.24, 2.45) is 0 Å². The third-order valence-electron chi connectivity index (χ3n) is 4.73. The number of rotatable bonds is 10. The summed E-state index contributed by atoms with van der Waals surface area (Å²) < 4.78 is 7.25. The summed E-state index contributed by atoms with van der Waals surface area (Å²) in [6.45, 7) is 5.09. The lowest BCUT2D eigenvalue weighted by Crippen LogP contribution is -2.26. The summed E-state index contributed by atoms with van der Waals surface area (Å²) in [4.78, 5) is 35.5. The Bertz CT molecular complexity index is 1140. The molecule has 1 heterocycles. The third kappa shape index (κ3) is 6.16.